The van der Waals surface area contributed by atoms with E-state index in [4.69, 9.17) is 0 Å². The minimum atomic E-state index is -4.41. The summed E-state index contributed by atoms with van der Waals surface area (Å²) in [5.74, 6) is 0.790. The molecule has 6 heteroatoms. The van der Waals surface area contributed by atoms with Crippen molar-refractivity contribution in [2.45, 2.75) is 122 Å². The van der Waals surface area contributed by atoms with Crippen molar-refractivity contribution in [1.29, 1.82) is 0 Å². The van der Waals surface area contributed by atoms with E-state index in [1.807, 2.05) is 0 Å². The SMILES string of the molecule is C=CCC(CC=C)CCCCCCCCCCCCCCCCCC[NH3+].COS(=O)(=O)[O-]. The van der Waals surface area contributed by atoms with Crippen LogP contribution >= 0.6 is 0 Å². The maximum atomic E-state index is 9.22. The molecule has 0 saturated carbocycles. The molecule has 0 unspecified atom stereocenters. The van der Waals surface area contributed by atoms with Crippen molar-refractivity contribution in [3.8, 4) is 0 Å². The summed E-state index contributed by atoms with van der Waals surface area (Å²) in [4.78, 5) is 0. The molecule has 0 heterocycles. The fourth-order valence-electron chi connectivity index (χ4n) is 3.89. The molecule has 0 aromatic rings. The lowest BCUT2D eigenvalue weighted by molar-refractivity contribution is -0.368. The predicted molar refractivity (Wildman–Crippen MR) is 136 cm³/mol. The smallest absolute Gasteiger partial charge is 0.217 e. The van der Waals surface area contributed by atoms with Crippen LogP contribution in [-0.4, -0.2) is 26.6 Å². The number of hydrogen-bond donors (Lipinski definition) is 1. The van der Waals surface area contributed by atoms with E-state index < -0.39 is 10.4 Å². The Morgan fingerprint density at radius 2 is 1.00 bits per heavy atom. The van der Waals surface area contributed by atoms with Gasteiger partial charge in [-0.1, -0.05) is 102 Å². The van der Waals surface area contributed by atoms with Crippen molar-refractivity contribution < 1.29 is 22.9 Å². The van der Waals surface area contributed by atoms with Crippen LogP contribution in [0.15, 0.2) is 25.3 Å². The second kappa shape index (κ2) is 26.6. The summed E-state index contributed by atoms with van der Waals surface area (Å²) in [6, 6.07) is 0. The van der Waals surface area contributed by atoms with Crippen LogP contribution in [0.2, 0.25) is 0 Å². The molecule has 0 aliphatic carbocycles. The van der Waals surface area contributed by atoms with Crippen molar-refractivity contribution >= 4 is 10.4 Å². The number of unbranched alkanes of at least 4 members (excludes halogenated alkanes) is 15. The van der Waals surface area contributed by atoms with Gasteiger partial charge in [0.05, 0.1) is 13.7 Å². The third-order valence-corrected chi connectivity index (χ3v) is 6.22. The molecule has 0 rings (SSSR count). The molecule has 0 radical (unpaired) electrons. The van der Waals surface area contributed by atoms with E-state index in [-0.39, 0.29) is 0 Å². The molecule has 0 aromatic carbocycles. The van der Waals surface area contributed by atoms with Gasteiger partial charge in [0.2, 0.25) is 10.4 Å². The summed E-state index contributed by atoms with van der Waals surface area (Å²) in [7, 11) is -3.60. The first kappa shape index (κ1) is 33.5. The summed E-state index contributed by atoms with van der Waals surface area (Å²) in [5, 5.41) is 0. The van der Waals surface area contributed by atoms with Crippen LogP contribution < -0.4 is 5.73 Å². The number of hydrogen-bond acceptors (Lipinski definition) is 4. The van der Waals surface area contributed by atoms with Gasteiger partial charge in [0, 0.05) is 0 Å². The quantitative estimate of drug-likeness (QED) is 0.0767. The first-order chi connectivity index (χ1) is 15.4. The highest BCUT2D eigenvalue weighted by Gasteiger charge is 2.04. The lowest BCUT2D eigenvalue weighted by Crippen LogP contribution is -2.50. The lowest BCUT2D eigenvalue weighted by atomic mass is 9.94. The maximum Gasteiger partial charge on any atom is 0.217 e. The van der Waals surface area contributed by atoms with Gasteiger partial charge in [-0.3, -0.25) is 4.18 Å². The Labute approximate surface area is 200 Å². The Morgan fingerprint density at radius 1 is 0.719 bits per heavy atom. The van der Waals surface area contributed by atoms with Gasteiger partial charge in [-0.15, -0.1) is 13.2 Å². The highest BCUT2D eigenvalue weighted by molar-refractivity contribution is 7.80. The number of quaternary nitrogens is 1. The molecule has 0 fully saturated rings. The van der Waals surface area contributed by atoms with Crippen molar-refractivity contribution in [3.63, 3.8) is 0 Å². The van der Waals surface area contributed by atoms with Crippen LogP contribution in [0.25, 0.3) is 0 Å². The zero-order chi connectivity index (χ0) is 24.3. The van der Waals surface area contributed by atoms with Crippen LogP contribution in [0, 0.1) is 5.92 Å². The van der Waals surface area contributed by atoms with Crippen LogP contribution in [0.1, 0.15) is 122 Å². The first-order valence-electron chi connectivity index (χ1n) is 12.9. The normalized spacial score (nSPS) is 11.2. The topological polar surface area (TPSA) is 94.1 Å². The minimum Gasteiger partial charge on any atom is -0.726 e. The summed E-state index contributed by atoms with van der Waals surface area (Å²) < 4.78 is 31.0. The Kier molecular flexibility index (Phi) is 27.8. The molecule has 0 saturated heterocycles. The molecule has 0 aliphatic heterocycles. The average Bonchev–Trinajstić information content (AvgIpc) is 2.76. The van der Waals surface area contributed by atoms with Crippen LogP contribution in [0.5, 0.6) is 0 Å². The molecular formula is C26H53NO4S. The fraction of sp³-hybridized carbons (Fsp3) is 0.846. The summed E-state index contributed by atoms with van der Waals surface area (Å²) in [5.41, 5.74) is 3.91. The molecule has 0 aromatic heterocycles. The molecule has 0 atom stereocenters. The van der Waals surface area contributed by atoms with E-state index >= 15 is 0 Å². The van der Waals surface area contributed by atoms with E-state index in [2.05, 4.69) is 35.2 Å². The largest absolute Gasteiger partial charge is 0.726 e. The van der Waals surface area contributed by atoms with E-state index in [0.29, 0.717) is 0 Å². The zero-order valence-corrected chi connectivity index (χ0v) is 21.9. The highest BCUT2D eigenvalue weighted by atomic mass is 32.3. The van der Waals surface area contributed by atoms with E-state index in [9.17, 15) is 13.0 Å². The van der Waals surface area contributed by atoms with Gasteiger partial charge in [0.15, 0.2) is 0 Å². The molecule has 32 heavy (non-hydrogen) atoms. The molecule has 5 nitrogen and oxygen atoms in total. The van der Waals surface area contributed by atoms with Gasteiger partial charge in [-0.05, 0) is 38.0 Å². The number of allylic oxidation sites excluding steroid dienone is 2. The molecule has 0 bridgehead atoms. The van der Waals surface area contributed by atoms with Crippen LogP contribution in [-0.2, 0) is 14.6 Å². The van der Waals surface area contributed by atoms with Crippen LogP contribution in [0.4, 0.5) is 0 Å². The van der Waals surface area contributed by atoms with E-state index in [1.54, 1.807) is 0 Å². The summed E-state index contributed by atoms with van der Waals surface area (Å²) in [6.07, 6.45) is 30.8. The summed E-state index contributed by atoms with van der Waals surface area (Å²) in [6.45, 7) is 8.86. The Balaban J connectivity index is 0. The molecule has 0 aliphatic rings. The average molecular weight is 476 g/mol. The second-order valence-electron chi connectivity index (χ2n) is 8.79. The molecule has 0 amide bonds. The van der Waals surface area contributed by atoms with Gasteiger partial charge in [-0.2, -0.15) is 0 Å². The van der Waals surface area contributed by atoms with Gasteiger partial charge >= 0.3 is 0 Å². The zero-order valence-electron chi connectivity index (χ0n) is 21.0. The van der Waals surface area contributed by atoms with Gasteiger partial charge in [0.25, 0.3) is 0 Å². The van der Waals surface area contributed by atoms with Gasteiger partial charge < -0.3 is 10.3 Å². The van der Waals surface area contributed by atoms with E-state index in [1.165, 1.54) is 109 Å². The third kappa shape index (κ3) is 31.5. The second-order valence-corrected chi connectivity index (χ2v) is 9.94. The van der Waals surface area contributed by atoms with Crippen LogP contribution in [0.3, 0.4) is 0 Å². The first-order valence-corrected chi connectivity index (χ1v) is 14.3. The monoisotopic (exact) mass is 475 g/mol. The third-order valence-electron chi connectivity index (χ3n) is 5.82. The Hall–Kier alpha value is -0.690. The van der Waals surface area contributed by atoms with Gasteiger partial charge in [-0.25, -0.2) is 8.42 Å². The molecule has 3 N–H and O–H groups in total. The molecule has 0 spiro atoms. The lowest BCUT2D eigenvalue weighted by Gasteiger charge is -2.12. The van der Waals surface area contributed by atoms with E-state index in [0.717, 1.165) is 32.4 Å². The Morgan fingerprint density at radius 3 is 1.25 bits per heavy atom. The van der Waals surface area contributed by atoms with Crippen molar-refractivity contribution in [2.75, 3.05) is 13.7 Å². The number of rotatable bonds is 23. The van der Waals surface area contributed by atoms with Gasteiger partial charge in [0.1, 0.15) is 0 Å². The fourth-order valence-corrected chi connectivity index (χ4v) is 3.89. The highest BCUT2D eigenvalue weighted by Crippen LogP contribution is 2.19. The van der Waals surface area contributed by atoms with Crippen molar-refractivity contribution in [3.05, 3.63) is 25.3 Å². The van der Waals surface area contributed by atoms with Crippen molar-refractivity contribution in [2.24, 2.45) is 5.92 Å². The molecule has 192 valence electrons. The predicted octanol–water partition coefficient (Wildman–Crippen LogP) is 6.72. The molecular weight excluding hydrogens is 422 g/mol. The Bertz CT molecular complexity index is 484. The minimum absolute atomic E-state index is 0.790. The standard InChI is InChI=1S/C25H49N.CH4O4S/c1-3-21-25(22-4-2)23-19-17-15-13-11-9-7-5-6-8-10-12-14-16-18-20-24-26;1-5-6(2,3)4/h3-4,25H,1-2,5-24,26H2;1H3,(H,2,3,4). The maximum absolute atomic E-state index is 9.22. The summed E-state index contributed by atoms with van der Waals surface area (Å²) >= 11 is 0. The van der Waals surface area contributed by atoms with Crippen molar-refractivity contribution in [1.82, 2.24) is 0 Å².